The average molecular weight is 566 g/mol. The van der Waals surface area contributed by atoms with E-state index >= 15 is 0 Å². The molecule has 0 unspecified atom stereocenters. The summed E-state index contributed by atoms with van der Waals surface area (Å²) in [4.78, 5) is 8.99. The second-order valence-corrected chi connectivity index (χ2v) is 10.7. The van der Waals surface area contributed by atoms with Crippen molar-refractivity contribution in [1.82, 2.24) is 14.5 Å². The van der Waals surface area contributed by atoms with Crippen LogP contribution in [-0.2, 0) is 22.1 Å². The first-order chi connectivity index (χ1) is 19.4. The quantitative estimate of drug-likeness (QED) is 0.315. The summed E-state index contributed by atoms with van der Waals surface area (Å²) < 4.78 is 53.7. The van der Waals surface area contributed by atoms with Gasteiger partial charge in [-0.3, -0.25) is 4.57 Å². The van der Waals surface area contributed by atoms with Gasteiger partial charge in [-0.05, 0) is 31.9 Å². The summed E-state index contributed by atoms with van der Waals surface area (Å²) in [6, 6.07) is 13.5. The Hall–Kier alpha value is -4.50. The van der Waals surface area contributed by atoms with Crippen molar-refractivity contribution >= 4 is 16.7 Å². The van der Waals surface area contributed by atoms with Crippen LogP contribution in [0.1, 0.15) is 48.6 Å². The first-order valence-corrected chi connectivity index (χ1v) is 12.9. The van der Waals surface area contributed by atoms with E-state index in [-0.39, 0.29) is 36.6 Å². The number of aromatic hydroxyl groups is 2. The van der Waals surface area contributed by atoms with E-state index < -0.39 is 23.1 Å². The van der Waals surface area contributed by atoms with Crippen LogP contribution < -0.4 is 9.64 Å². The van der Waals surface area contributed by atoms with Crippen molar-refractivity contribution in [2.75, 3.05) is 25.6 Å². The van der Waals surface area contributed by atoms with Crippen molar-refractivity contribution in [3.05, 3.63) is 64.8 Å². The van der Waals surface area contributed by atoms with Crippen molar-refractivity contribution in [3.63, 3.8) is 0 Å². The van der Waals surface area contributed by atoms with Crippen molar-refractivity contribution < 1.29 is 32.9 Å². The van der Waals surface area contributed by atoms with Crippen molar-refractivity contribution in [2.24, 2.45) is 0 Å². The average Bonchev–Trinajstić information content (AvgIpc) is 3.51. The number of halogens is 3. The largest absolute Gasteiger partial charge is 0.494 e. The SMILES string of the molecule is CN(C)c1nc(OCC[C@]23CC[C@](C)(O2)c2c3c(O)n(-c3ccc(C#N)c4ccccc34)c2O)cc(C(F)(F)F)n1. The Morgan fingerprint density at radius 2 is 1.78 bits per heavy atom. The van der Waals surface area contributed by atoms with Gasteiger partial charge in [0.2, 0.25) is 23.6 Å². The summed E-state index contributed by atoms with van der Waals surface area (Å²) >= 11 is 0. The molecular weight excluding hydrogens is 539 g/mol. The van der Waals surface area contributed by atoms with Crippen LogP contribution in [0, 0.1) is 11.3 Å². The zero-order chi connectivity index (χ0) is 29.3. The standard InChI is InChI=1S/C29H26F3N5O4/c1-27-10-11-28(41-27,12-13-40-21-14-20(29(30,31)32)34-26(35-21)36(2)3)23-22(27)24(38)37(25(23)39)19-9-8-16(15-33)17-6-4-5-7-18(17)19/h4-9,14,38-39H,10-13H2,1-3H3/t27-,28-/m0/s1. The number of fused-ring (bicyclic) bond motifs is 6. The molecule has 4 aromatic rings. The van der Waals surface area contributed by atoms with Crippen molar-refractivity contribution in [1.29, 1.82) is 5.26 Å². The number of ether oxygens (including phenoxy) is 2. The van der Waals surface area contributed by atoms with Gasteiger partial charge in [0, 0.05) is 37.4 Å². The van der Waals surface area contributed by atoms with Crippen LogP contribution in [-0.4, -0.2) is 45.5 Å². The molecule has 2 aliphatic heterocycles. The first-order valence-electron chi connectivity index (χ1n) is 12.9. The summed E-state index contributed by atoms with van der Waals surface area (Å²) in [5.41, 5.74) is -1.20. The molecule has 2 bridgehead atoms. The lowest BCUT2D eigenvalue weighted by Gasteiger charge is -2.26. The fourth-order valence-corrected chi connectivity index (χ4v) is 6.06. The number of benzene rings is 2. The maximum Gasteiger partial charge on any atom is 0.433 e. The molecule has 9 nitrogen and oxygen atoms in total. The van der Waals surface area contributed by atoms with Crippen LogP contribution in [0.5, 0.6) is 17.6 Å². The van der Waals surface area contributed by atoms with Gasteiger partial charge in [0.15, 0.2) is 5.69 Å². The van der Waals surface area contributed by atoms with Crippen LogP contribution in [0.3, 0.4) is 0 Å². The molecule has 212 valence electrons. The van der Waals surface area contributed by atoms with Gasteiger partial charge in [-0.15, -0.1) is 0 Å². The molecule has 4 heterocycles. The number of alkyl halides is 3. The number of hydrogen-bond donors (Lipinski definition) is 2. The molecule has 6 rings (SSSR count). The number of nitriles is 1. The van der Waals surface area contributed by atoms with Gasteiger partial charge in [0.1, 0.15) is 5.60 Å². The minimum Gasteiger partial charge on any atom is -0.494 e. The second-order valence-electron chi connectivity index (χ2n) is 10.7. The molecule has 0 radical (unpaired) electrons. The molecule has 2 aromatic carbocycles. The Bertz CT molecular complexity index is 1750. The van der Waals surface area contributed by atoms with Crippen LogP contribution in [0.4, 0.5) is 19.1 Å². The van der Waals surface area contributed by atoms with Crippen LogP contribution in [0.15, 0.2) is 42.5 Å². The van der Waals surface area contributed by atoms with E-state index in [4.69, 9.17) is 9.47 Å². The molecule has 1 fully saturated rings. The third kappa shape index (κ3) is 4.02. The zero-order valence-corrected chi connectivity index (χ0v) is 22.5. The molecule has 12 heteroatoms. The number of hydrogen-bond acceptors (Lipinski definition) is 8. The van der Waals surface area contributed by atoms with Gasteiger partial charge in [-0.1, -0.05) is 24.3 Å². The summed E-state index contributed by atoms with van der Waals surface area (Å²) in [5.74, 6) is -0.749. The predicted molar refractivity (Wildman–Crippen MR) is 142 cm³/mol. The maximum absolute atomic E-state index is 13.4. The summed E-state index contributed by atoms with van der Waals surface area (Å²) in [7, 11) is 3.06. The lowest BCUT2D eigenvalue weighted by atomic mass is 9.78. The van der Waals surface area contributed by atoms with Gasteiger partial charge in [-0.2, -0.15) is 23.4 Å². The third-order valence-electron chi connectivity index (χ3n) is 7.93. The Morgan fingerprint density at radius 3 is 2.46 bits per heavy atom. The number of aromatic nitrogens is 3. The molecule has 1 saturated heterocycles. The molecule has 41 heavy (non-hydrogen) atoms. The van der Waals surface area contributed by atoms with Crippen molar-refractivity contribution in [3.8, 4) is 29.4 Å². The summed E-state index contributed by atoms with van der Waals surface area (Å²) in [5, 5.41) is 33.9. The molecule has 2 N–H and O–H groups in total. The van der Waals surface area contributed by atoms with E-state index in [0.717, 1.165) is 6.07 Å². The highest BCUT2D eigenvalue weighted by Crippen LogP contribution is 2.65. The Balaban J connectivity index is 1.37. The fourth-order valence-electron chi connectivity index (χ4n) is 6.06. The molecule has 2 atom stereocenters. The van der Waals surface area contributed by atoms with Crippen molar-refractivity contribution in [2.45, 2.75) is 43.6 Å². The highest BCUT2D eigenvalue weighted by molar-refractivity contribution is 5.95. The Morgan fingerprint density at radius 1 is 1.07 bits per heavy atom. The predicted octanol–water partition coefficient (Wildman–Crippen LogP) is 5.49. The number of rotatable bonds is 6. The van der Waals surface area contributed by atoms with E-state index in [0.29, 0.717) is 46.0 Å². The van der Waals surface area contributed by atoms with E-state index in [1.165, 1.54) is 23.6 Å². The summed E-state index contributed by atoms with van der Waals surface area (Å²) in [6.07, 6.45) is -3.43. The normalized spacial score (nSPS) is 21.2. The van der Waals surface area contributed by atoms with Gasteiger partial charge in [0.25, 0.3) is 0 Å². The molecule has 0 saturated carbocycles. The first kappa shape index (κ1) is 26.7. The Kier molecular flexibility index (Phi) is 5.87. The monoisotopic (exact) mass is 565 g/mol. The fraction of sp³-hybridized carbons (Fsp3) is 0.345. The van der Waals surface area contributed by atoms with E-state index in [1.54, 1.807) is 18.2 Å². The number of anilines is 1. The molecule has 0 amide bonds. The van der Waals surface area contributed by atoms with E-state index in [2.05, 4.69) is 16.0 Å². The number of nitrogens with zero attached hydrogens (tertiary/aromatic N) is 5. The highest BCUT2D eigenvalue weighted by Gasteiger charge is 2.61. The minimum absolute atomic E-state index is 0.0676. The van der Waals surface area contributed by atoms with Gasteiger partial charge >= 0.3 is 6.18 Å². The minimum atomic E-state index is -4.68. The summed E-state index contributed by atoms with van der Waals surface area (Å²) in [6.45, 7) is 1.77. The lowest BCUT2D eigenvalue weighted by molar-refractivity contribution is -0.141. The molecule has 2 aromatic heterocycles. The topological polar surface area (TPSA) is 117 Å². The van der Waals surface area contributed by atoms with Gasteiger partial charge in [0.05, 0.1) is 40.7 Å². The molecule has 0 spiro atoms. The maximum atomic E-state index is 13.4. The third-order valence-corrected chi connectivity index (χ3v) is 7.93. The molecular formula is C29H26F3N5O4. The van der Waals surface area contributed by atoms with E-state index in [1.807, 2.05) is 25.1 Å². The molecule has 0 aliphatic carbocycles. The second kappa shape index (κ2) is 9.01. The highest BCUT2D eigenvalue weighted by atomic mass is 19.4. The van der Waals surface area contributed by atoms with Crippen LogP contribution >= 0.6 is 0 Å². The lowest BCUT2D eigenvalue weighted by Crippen LogP contribution is -2.26. The van der Waals surface area contributed by atoms with Crippen LogP contribution in [0.25, 0.3) is 16.5 Å². The zero-order valence-electron chi connectivity index (χ0n) is 22.5. The van der Waals surface area contributed by atoms with Gasteiger partial charge < -0.3 is 24.6 Å². The van der Waals surface area contributed by atoms with E-state index in [9.17, 15) is 28.6 Å². The Labute approximate surface area is 233 Å². The smallest absolute Gasteiger partial charge is 0.433 e. The molecule has 2 aliphatic rings. The van der Waals surface area contributed by atoms with Gasteiger partial charge in [-0.25, -0.2) is 4.98 Å². The van der Waals surface area contributed by atoms with Crippen LogP contribution in [0.2, 0.25) is 0 Å².